The summed E-state index contributed by atoms with van der Waals surface area (Å²) >= 11 is 5.93. The highest BCUT2D eigenvalue weighted by atomic mass is 35.5. The molecule has 62 valence electrons. The van der Waals surface area contributed by atoms with Gasteiger partial charge in [-0.05, 0) is 17.5 Å². The molecule has 0 bridgehead atoms. The van der Waals surface area contributed by atoms with E-state index in [1.165, 1.54) is 0 Å². The number of benzene rings is 1. The minimum Gasteiger partial charge on any atom is -0.115 e. The first kappa shape index (κ1) is 9.16. The maximum absolute atomic E-state index is 5.93. The number of hydrogen-bond donors (Lipinski definition) is 0. The van der Waals surface area contributed by atoms with Gasteiger partial charge in [0.1, 0.15) is 0 Å². The van der Waals surface area contributed by atoms with Crippen molar-refractivity contribution in [2.24, 2.45) is 0 Å². The van der Waals surface area contributed by atoms with Crippen LogP contribution in [0.5, 0.6) is 0 Å². The van der Waals surface area contributed by atoms with Crippen LogP contribution in [-0.4, -0.2) is 0 Å². The van der Waals surface area contributed by atoms with Crippen molar-refractivity contribution in [2.45, 2.75) is 19.8 Å². The molecular weight excluding hydrogens is 168 g/mol. The molecule has 0 unspecified atom stereocenters. The van der Waals surface area contributed by atoms with Crippen LogP contribution in [0.1, 0.15) is 30.9 Å². The zero-order valence-electron chi connectivity index (χ0n) is 7.26. The van der Waals surface area contributed by atoms with Crippen molar-refractivity contribution < 1.29 is 0 Å². The molecule has 0 nitrogen and oxygen atoms in total. The zero-order chi connectivity index (χ0) is 9.14. The van der Waals surface area contributed by atoms with Gasteiger partial charge in [0, 0.05) is 5.56 Å². The van der Waals surface area contributed by atoms with E-state index in [9.17, 15) is 0 Å². The van der Waals surface area contributed by atoms with Gasteiger partial charge in [0.25, 0.3) is 0 Å². The van der Waals surface area contributed by atoms with Crippen LogP contribution in [0, 0.1) is 12.3 Å². The summed E-state index contributed by atoms with van der Waals surface area (Å²) in [6.45, 7) is 4.21. The van der Waals surface area contributed by atoms with Crippen LogP contribution in [0.25, 0.3) is 0 Å². The van der Waals surface area contributed by atoms with Crippen LogP contribution in [-0.2, 0) is 0 Å². The lowest BCUT2D eigenvalue weighted by atomic mass is 9.98. The number of rotatable bonds is 1. The molecule has 0 aromatic heterocycles. The van der Waals surface area contributed by atoms with Crippen molar-refractivity contribution in [1.29, 1.82) is 0 Å². The SMILES string of the molecule is C#Cc1c(Cl)cccc1C(C)C. The molecule has 0 aliphatic rings. The lowest BCUT2D eigenvalue weighted by Gasteiger charge is -2.08. The van der Waals surface area contributed by atoms with Crippen LogP contribution >= 0.6 is 11.6 Å². The third kappa shape index (κ3) is 1.62. The summed E-state index contributed by atoms with van der Waals surface area (Å²) in [4.78, 5) is 0. The third-order valence-electron chi connectivity index (χ3n) is 1.81. The minimum atomic E-state index is 0.426. The van der Waals surface area contributed by atoms with Crippen LogP contribution < -0.4 is 0 Å². The van der Waals surface area contributed by atoms with Crippen molar-refractivity contribution in [2.75, 3.05) is 0 Å². The summed E-state index contributed by atoms with van der Waals surface area (Å²) in [5.41, 5.74) is 1.97. The zero-order valence-corrected chi connectivity index (χ0v) is 8.02. The first-order valence-electron chi connectivity index (χ1n) is 3.92. The third-order valence-corrected chi connectivity index (χ3v) is 2.13. The molecule has 0 N–H and O–H groups in total. The van der Waals surface area contributed by atoms with Gasteiger partial charge >= 0.3 is 0 Å². The van der Waals surface area contributed by atoms with Gasteiger partial charge in [0.15, 0.2) is 0 Å². The van der Waals surface area contributed by atoms with Crippen molar-refractivity contribution in [1.82, 2.24) is 0 Å². The van der Waals surface area contributed by atoms with Crippen molar-refractivity contribution in [3.63, 3.8) is 0 Å². The van der Waals surface area contributed by atoms with Gasteiger partial charge in [0.05, 0.1) is 5.02 Å². The van der Waals surface area contributed by atoms with E-state index in [4.69, 9.17) is 18.0 Å². The fourth-order valence-electron chi connectivity index (χ4n) is 1.17. The molecule has 0 atom stereocenters. The standard InChI is InChI=1S/C11H11Cl/c1-4-9-10(8(2)3)6-5-7-11(9)12/h1,5-8H,2-3H3. The van der Waals surface area contributed by atoms with Crippen LogP contribution in [0.3, 0.4) is 0 Å². The fourth-order valence-corrected chi connectivity index (χ4v) is 1.41. The van der Waals surface area contributed by atoms with E-state index in [1.54, 1.807) is 0 Å². The van der Waals surface area contributed by atoms with Gasteiger partial charge in [-0.15, -0.1) is 6.42 Å². The van der Waals surface area contributed by atoms with E-state index < -0.39 is 0 Å². The van der Waals surface area contributed by atoms with Gasteiger partial charge in [-0.1, -0.05) is 43.5 Å². The molecule has 0 aliphatic carbocycles. The van der Waals surface area contributed by atoms with E-state index in [0.29, 0.717) is 10.9 Å². The number of terminal acetylenes is 1. The van der Waals surface area contributed by atoms with Crippen molar-refractivity contribution in [3.8, 4) is 12.3 Å². The average Bonchev–Trinajstić information content (AvgIpc) is 2.03. The predicted octanol–water partition coefficient (Wildman–Crippen LogP) is 3.44. The molecule has 1 aromatic carbocycles. The quantitative estimate of drug-likeness (QED) is 0.578. The maximum Gasteiger partial charge on any atom is 0.0565 e. The number of hydrogen-bond acceptors (Lipinski definition) is 0. The molecule has 0 heterocycles. The molecule has 1 heteroatoms. The Labute approximate surface area is 78.6 Å². The molecular formula is C11H11Cl. The molecule has 1 rings (SSSR count). The summed E-state index contributed by atoms with van der Waals surface area (Å²) in [6, 6.07) is 5.77. The average molecular weight is 179 g/mol. The van der Waals surface area contributed by atoms with Crippen molar-refractivity contribution in [3.05, 3.63) is 34.3 Å². The van der Waals surface area contributed by atoms with Gasteiger partial charge in [0.2, 0.25) is 0 Å². The van der Waals surface area contributed by atoms with Gasteiger partial charge in [-0.3, -0.25) is 0 Å². The monoisotopic (exact) mass is 178 g/mol. The Morgan fingerprint density at radius 2 is 2.08 bits per heavy atom. The lowest BCUT2D eigenvalue weighted by molar-refractivity contribution is 0.863. The second-order valence-corrected chi connectivity index (χ2v) is 3.41. The highest BCUT2D eigenvalue weighted by Crippen LogP contribution is 2.24. The Morgan fingerprint density at radius 1 is 1.42 bits per heavy atom. The molecule has 0 spiro atoms. The smallest absolute Gasteiger partial charge is 0.0565 e. The molecule has 1 aromatic rings. The normalized spacial score (nSPS) is 9.92. The molecule has 0 fully saturated rings. The fraction of sp³-hybridized carbons (Fsp3) is 0.273. The second kappa shape index (κ2) is 3.65. The van der Waals surface area contributed by atoms with E-state index in [1.807, 2.05) is 18.2 Å². The minimum absolute atomic E-state index is 0.426. The van der Waals surface area contributed by atoms with E-state index in [0.717, 1.165) is 11.1 Å². The summed E-state index contributed by atoms with van der Waals surface area (Å²) in [5.74, 6) is 3.04. The molecule has 0 saturated carbocycles. The molecule has 12 heavy (non-hydrogen) atoms. The van der Waals surface area contributed by atoms with Gasteiger partial charge in [-0.25, -0.2) is 0 Å². The molecule has 0 aliphatic heterocycles. The number of halogens is 1. The lowest BCUT2D eigenvalue weighted by Crippen LogP contribution is -1.92. The highest BCUT2D eigenvalue weighted by molar-refractivity contribution is 6.31. The summed E-state index contributed by atoms with van der Waals surface area (Å²) in [5, 5.41) is 0.670. The molecule has 0 radical (unpaired) electrons. The van der Waals surface area contributed by atoms with E-state index >= 15 is 0 Å². The van der Waals surface area contributed by atoms with E-state index in [-0.39, 0.29) is 0 Å². The summed E-state index contributed by atoms with van der Waals surface area (Å²) in [7, 11) is 0. The second-order valence-electron chi connectivity index (χ2n) is 3.00. The van der Waals surface area contributed by atoms with Crippen LogP contribution in [0.2, 0.25) is 5.02 Å². The Balaban J connectivity index is 3.30. The summed E-state index contributed by atoms with van der Waals surface area (Å²) in [6.07, 6.45) is 5.35. The molecule has 0 amide bonds. The Morgan fingerprint density at radius 3 is 2.50 bits per heavy atom. The van der Waals surface area contributed by atoms with Crippen LogP contribution in [0.4, 0.5) is 0 Å². The Bertz CT molecular complexity index is 318. The predicted molar refractivity (Wildman–Crippen MR) is 53.5 cm³/mol. The van der Waals surface area contributed by atoms with Gasteiger partial charge < -0.3 is 0 Å². The topological polar surface area (TPSA) is 0 Å². The van der Waals surface area contributed by atoms with E-state index in [2.05, 4.69) is 19.8 Å². The Hall–Kier alpha value is -0.930. The largest absolute Gasteiger partial charge is 0.115 e. The van der Waals surface area contributed by atoms with Crippen molar-refractivity contribution >= 4 is 11.6 Å². The highest BCUT2D eigenvalue weighted by Gasteiger charge is 2.06. The van der Waals surface area contributed by atoms with Crippen LogP contribution in [0.15, 0.2) is 18.2 Å². The molecule has 0 saturated heterocycles. The van der Waals surface area contributed by atoms with Gasteiger partial charge in [-0.2, -0.15) is 0 Å². The first-order chi connectivity index (χ1) is 5.66. The maximum atomic E-state index is 5.93. The Kier molecular flexibility index (Phi) is 2.78. The first-order valence-corrected chi connectivity index (χ1v) is 4.29. The summed E-state index contributed by atoms with van der Waals surface area (Å²) < 4.78 is 0.